The van der Waals surface area contributed by atoms with Crippen LogP contribution in [0.15, 0.2) is 54.6 Å². The van der Waals surface area contributed by atoms with Gasteiger partial charge in [0, 0.05) is 26.2 Å². The summed E-state index contributed by atoms with van der Waals surface area (Å²) in [6.45, 7) is 5.06. The van der Waals surface area contributed by atoms with Crippen molar-refractivity contribution in [3.05, 3.63) is 60.2 Å². The largest absolute Gasteiger partial charge is 0.495 e. The molecule has 1 aliphatic heterocycles. The molecule has 6 heteroatoms. The highest BCUT2D eigenvalue weighted by Gasteiger charge is 2.23. The third kappa shape index (κ3) is 5.81. The van der Waals surface area contributed by atoms with E-state index in [4.69, 9.17) is 4.74 Å². The number of carbonyl (C=O) groups is 2. The van der Waals surface area contributed by atoms with Gasteiger partial charge >= 0.3 is 0 Å². The quantitative estimate of drug-likeness (QED) is 0.742. The number of para-hydroxylation sites is 2. The van der Waals surface area contributed by atoms with Gasteiger partial charge in [0.2, 0.25) is 5.91 Å². The maximum Gasteiger partial charge on any atom is 0.234 e. The number of ether oxygens (including phenoxy) is 1. The topological polar surface area (TPSA) is 61.9 Å². The lowest BCUT2D eigenvalue weighted by Gasteiger charge is -2.36. The summed E-state index contributed by atoms with van der Waals surface area (Å²) in [6, 6.07) is 17.3. The van der Waals surface area contributed by atoms with Crippen LogP contribution in [0, 0.1) is 0 Å². The van der Waals surface area contributed by atoms with Crippen molar-refractivity contribution in [2.45, 2.75) is 19.4 Å². The molecule has 0 radical (unpaired) electrons. The molecule has 29 heavy (non-hydrogen) atoms. The fraction of sp³-hybridized carbons (Fsp3) is 0.391. The van der Waals surface area contributed by atoms with Crippen molar-refractivity contribution >= 4 is 17.4 Å². The third-order valence-electron chi connectivity index (χ3n) is 5.27. The molecule has 3 rings (SSSR count). The molecule has 0 aromatic heterocycles. The number of benzene rings is 2. The lowest BCUT2D eigenvalue weighted by atomic mass is 10.0. The van der Waals surface area contributed by atoms with Gasteiger partial charge in [0.05, 0.1) is 25.4 Å². The van der Waals surface area contributed by atoms with Crippen LogP contribution in [0.1, 0.15) is 12.5 Å². The van der Waals surface area contributed by atoms with E-state index in [-0.39, 0.29) is 11.7 Å². The molecular formula is C23H29N3O3. The van der Waals surface area contributed by atoms with Crippen molar-refractivity contribution in [1.82, 2.24) is 10.2 Å². The van der Waals surface area contributed by atoms with Crippen LogP contribution in [0.2, 0.25) is 0 Å². The highest BCUT2D eigenvalue weighted by molar-refractivity contribution is 5.88. The van der Waals surface area contributed by atoms with E-state index in [1.807, 2.05) is 48.5 Å². The van der Waals surface area contributed by atoms with Crippen LogP contribution in [-0.4, -0.2) is 62.5 Å². The lowest BCUT2D eigenvalue weighted by Crippen LogP contribution is -2.51. The second-order valence-corrected chi connectivity index (χ2v) is 7.36. The molecule has 1 amide bonds. The molecule has 0 bridgehead atoms. The number of Topliss-reactive ketones (excluding diaryl/α,β-unsaturated/α-hetero) is 1. The molecule has 2 aromatic carbocycles. The lowest BCUT2D eigenvalue weighted by molar-refractivity contribution is -0.127. The van der Waals surface area contributed by atoms with E-state index in [2.05, 4.69) is 21.2 Å². The molecule has 1 aliphatic rings. The van der Waals surface area contributed by atoms with E-state index in [1.165, 1.54) is 6.92 Å². The molecule has 1 N–H and O–H groups in total. The minimum atomic E-state index is -0.486. The molecule has 0 saturated carbocycles. The number of nitrogens with zero attached hydrogens (tertiary/aromatic N) is 2. The Morgan fingerprint density at radius 2 is 1.66 bits per heavy atom. The first-order valence-electron chi connectivity index (χ1n) is 10.0. The van der Waals surface area contributed by atoms with Gasteiger partial charge in [-0.05, 0) is 31.0 Å². The second kappa shape index (κ2) is 10.1. The van der Waals surface area contributed by atoms with Crippen molar-refractivity contribution in [3.8, 4) is 5.75 Å². The van der Waals surface area contributed by atoms with Crippen molar-refractivity contribution in [2.75, 3.05) is 44.7 Å². The average Bonchev–Trinajstić information content (AvgIpc) is 2.74. The number of methoxy groups -OCH3 is 1. The summed E-state index contributed by atoms with van der Waals surface area (Å²) in [7, 11) is 1.68. The molecule has 6 nitrogen and oxygen atoms in total. The summed E-state index contributed by atoms with van der Waals surface area (Å²) in [6.07, 6.45) is 0.517. The van der Waals surface area contributed by atoms with Crippen molar-refractivity contribution < 1.29 is 14.3 Å². The number of rotatable bonds is 8. The molecule has 154 valence electrons. The number of piperazine rings is 1. The highest BCUT2D eigenvalue weighted by Crippen LogP contribution is 2.28. The number of anilines is 1. The van der Waals surface area contributed by atoms with Gasteiger partial charge in [-0.2, -0.15) is 0 Å². The third-order valence-corrected chi connectivity index (χ3v) is 5.27. The maximum atomic E-state index is 12.5. The highest BCUT2D eigenvalue weighted by atomic mass is 16.5. The molecule has 1 atom stereocenters. The zero-order chi connectivity index (χ0) is 20.6. The van der Waals surface area contributed by atoms with Gasteiger partial charge in [-0.3, -0.25) is 14.5 Å². The maximum absolute atomic E-state index is 12.5. The fourth-order valence-corrected chi connectivity index (χ4v) is 3.63. The first kappa shape index (κ1) is 20.9. The van der Waals surface area contributed by atoms with Gasteiger partial charge < -0.3 is 15.0 Å². The van der Waals surface area contributed by atoms with Gasteiger partial charge in [-0.1, -0.05) is 42.5 Å². The molecule has 1 saturated heterocycles. The van der Waals surface area contributed by atoms with E-state index < -0.39 is 6.04 Å². The Hall–Kier alpha value is -2.86. The number of nitrogens with one attached hydrogen (secondary N) is 1. The van der Waals surface area contributed by atoms with Crippen LogP contribution in [0.5, 0.6) is 5.75 Å². The predicted molar refractivity (Wildman–Crippen MR) is 114 cm³/mol. The van der Waals surface area contributed by atoms with E-state index in [0.717, 1.165) is 43.2 Å². The molecule has 1 heterocycles. The molecule has 0 aliphatic carbocycles. The van der Waals surface area contributed by atoms with E-state index in [9.17, 15) is 9.59 Å². The summed E-state index contributed by atoms with van der Waals surface area (Å²) in [4.78, 5) is 28.9. The van der Waals surface area contributed by atoms with Crippen molar-refractivity contribution in [1.29, 1.82) is 0 Å². The Balaban J connectivity index is 1.50. The zero-order valence-corrected chi connectivity index (χ0v) is 17.1. The number of hydrogen-bond acceptors (Lipinski definition) is 5. The van der Waals surface area contributed by atoms with Gasteiger partial charge in [0.15, 0.2) is 5.78 Å². The Morgan fingerprint density at radius 3 is 2.31 bits per heavy atom. The van der Waals surface area contributed by atoms with Crippen LogP contribution in [0.3, 0.4) is 0 Å². The minimum absolute atomic E-state index is 0.0248. The summed E-state index contributed by atoms with van der Waals surface area (Å²) < 4.78 is 5.45. The zero-order valence-electron chi connectivity index (χ0n) is 17.1. The SMILES string of the molecule is COc1ccccc1N1CCN(CC(=O)N[C@@H](Cc2ccccc2)C(C)=O)CC1. The molecule has 1 fully saturated rings. The van der Waals surface area contributed by atoms with Gasteiger partial charge in [-0.25, -0.2) is 0 Å². The summed E-state index contributed by atoms with van der Waals surface area (Å²) >= 11 is 0. The molecule has 0 unspecified atom stereocenters. The fourth-order valence-electron chi connectivity index (χ4n) is 3.63. The Labute approximate surface area is 172 Å². The van der Waals surface area contributed by atoms with Crippen LogP contribution in [-0.2, 0) is 16.0 Å². The summed E-state index contributed by atoms with van der Waals surface area (Å²) in [5.41, 5.74) is 2.12. The Kier molecular flexibility index (Phi) is 7.25. The minimum Gasteiger partial charge on any atom is -0.495 e. The van der Waals surface area contributed by atoms with Crippen molar-refractivity contribution in [3.63, 3.8) is 0 Å². The van der Waals surface area contributed by atoms with Crippen molar-refractivity contribution in [2.24, 2.45) is 0 Å². The smallest absolute Gasteiger partial charge is 0.234 e. The van der Waals surface area contributed by atoms with Crippen LogP contribution < -0.4 is 15.0 Å². The van der Waals surface area contributed by atoms with Gasteiger partial charge in [0.25, 0.3) is 0 Å². The standard InChI is InChI=1S/C23H29N3O3/c1-18(27)20(16-19-8-4-3-5-9-19)24-23(28)17-25-12-14-26(15-13-25)21-10-6-7-11-22(21)29-2/h3-11,20H,12-17H2,1-2H3,(H,24,28)/t20-/m0/s1. The molecule has 0 spiro atoms. The van der Waals surface area contributed by atoms with E-state index >= 15 is 0 Å². The molecular weight excluding hydrogens is 366 g/mol. The first-order chi connectivity index (χ1) is 14.1. The second-order valence-electron chi connectivity index (χ2n) is 7.36. The number of carbonyl (C=O) groups excluding carboxylic acids is 2. The number of ketones is 1. The monoisotopic (exact) mass is 395 g/mol. The van der Waals surface area contributed by atoms with Gasteiger partial charge in [0.1, 0.15) is 5.75 Å². The predicted octanol–water partition coefficient (Wildman–Crippen LogP) is 2.13. The summed E-state index contributed by atoms with van der Waals surface area (Å²) in [5.74, 6) is 0.735. The Morgan fingerprint density at radius 1 is 1.00 bits per heavy atom. The number of hydrogen-bond donors (Lipinski definition) is 1. The Bertz CT molecular complexity index is 817. The number of amides is 1. The normalized spacial score (nSPS) is 15.6. The van der Waals surface area contributed by atoms with Crippen LogP contribution in [0.25, 0.3) is 0 Å². The molecule has 2 aromatic rings. The summed E-state index contributed by atoms with van der Waals surface area (Å²) in [5, 5.41) is 2.91. The van der Waals surface area contributed by atoms with E-state index in [1.54, 1.807) is 7.11 Å². The van der Waals surface area contributed by atoms with Gasteiger partial charge in [-0.15, -0.1) is 0 Å². The first-order valence-corrected chi connectivity index (χ1v) is 10.0. The van der Waals surface area contributed by atoms with Crippen LogP contribution >= 0.6 is 0 Å². The van der Waals surface area contributed by atoms with E-state index in [0.29, 0.717) is 13.0 Å². The average molecular weight is 396 g/mol. The van der Waals surface area contributed by atoms with Crippen LogP contribution in [0.4, 0.5) is 5.69 Å².